The summed E-state index contributed by atoms with van der Waals surface area (Å²) in [5.74, 6) is -8.89. The Kier molecular flexibility index (Phi) is 5.68. The quantitative estimate of drug-likeness (QED) is 0.452. The average molecular weight is 340 g/mol. The van der Waals surface area contributed by atoms with Gasteiger partial charge in [-0.1, -0.05) is 6.07 Å². The molecule has 0 atom stereocenters. The Morgan fingerprint density at radius 2 is 1.65 bits per heavy atom. The van der Waals surface area contributed by atoms with E-state index in [9.17, 15) is 31.5 Å². The number of halogens is 5. The highest BCUT2D eigenvalue weighted by atomic mass is 19.4. The Labute approximate surface area is 128 Å². The van der Waals surface area contributed by atoms with Crippen LogP contribution in [0, 0.1) is 0 Å². The van der Waals surface area contributed by atoms with Crippen LogP contribution in [-0.2, 0) is 15.5 Å². The zero-order valence-electron chi connectivity index (χ0n) is 12.2. The third kappa shape index (κ3) is 4.17. The van der Waals surface area contributed by atoms with Crippen LogP contribution < -0.4 is 4.74 Å². The van der Waals surface area contributed by atoms with E-state index in [0.29, 0.717) is 18.2 Å². The second kappa shape index (κ2) is 6.93. The highest BCUT2D eigenvalue weighted by molar-refractivity contribution is 6.00. The number of Topliss-reactive ketones (excluding diaryl/α,β-unsaturated/α-hetero) is 1. The van der Waals surface area contributed by atoms with Crippen LogP contribution >= 0.6 is 0 Å². The number of carbonyl (C=O) groups excluding carboxylic acids is 2. The van der Waals surface area contributed by atoms with Gasteiger partial charge < -0.3 is 9.47 Å². The van der Waals surface area contributed by atoms with E-state index < -0.39 is 40.7 Å². The third-order valence-corrected chi connectivity index (χ3v) is 2.67. The van der Waals surface area contributed by atoms with E-state index in [0.717, 1.165) is 0 Å². The minimum absolute atomic E-state index is 0.157. The van der Waals surface area contributed by atoms with Gasteiger partial charge >= 0.3 is 18.1 Å². The fraction of sp³-hybridized carbons (Fsp3) is 0.429. The molecule has 4 nitrogen and oxygen atoms in total. The summed E-state index contributed by atoms with van der Waals surface area (Å²) in [5.41, 5.74) is -1.85. The summed E-state index contributed by atoms with van der Waals surface area (Å²) in [6.07, 6.45) is -5.16. The molecule has 0 aromatic heterocycles. The van der Waals surface area contributed by atoms with Gasteiger partial charge in [0.05, 0.1) is 18.8 Å². The molecule has 0 saturated carbocycles. The number of esters is 1. The summed E-state index contributed by atoms with van der Waals surface area (Å²) in [7, 11) is 0. The van der Waals surface area contributed by atoms with E-state index in [1.54, 1.807) is 0 Å². The smallest absolute Gasteiger partial charge is 0.454 e. The number of ether oxygens (including phenoxy) is 2. The molecule has 0 saturated heterocycles. The maximum Gasteiger partial charge on any atom is 0.454 e. The Hall–Kier alpha value is -2.19. The van der Waals surface area contributed by atoms with Gasteiger partial charge in [0.15, 0.2) is 0 Å². The monoisotopic (exact) mass is 340 g/mol. The predicted octanol–water partition coefficient (Wildman–Crippen LogP) is 3.49. The first-order valence-electron chi connectivity index (χ1n) is 6.49. The molecule has 128 valence electrons. The molecule has 1 aromatic carbocycles. The summed E-state index contributed by atoms with van der Waals surface area (Å²) < 4.78 is 74.3. The van der Waals surface area contributed by atoms with Crippen molar-refractivity contribution < 1.29 is 41.0 Å². The molecule has 0 N–H and O–H groups in total. The average Bonchev–Trinajstić information content (AvgIpc) is 2.45. The SMILES string of the molecule is CCOC(=O)C(F)(F)c1ccc(C(=O)C(F)(F)F)cc1OCC. The molecule has 23 heavy (non-hydrogen) atoms. The predicted molar refractivity (Wildman–Crippen MR) is 68.5 cm³/mol. The van der Waals surface area contributed by atoms with Gasteiger partial charge in [0.25, 0.3) is 5.78 Å². The number of carbonyl (C=O) groups is 2. The van der Waals surface area contributed by atoms with Gasteiger partial charge in [0.2, 0.25) is 0 Å². The van der Waals surface area contributed by atoms with E-state index in [1.807, 2.05) is 0 Å². The maximum absolute atomic E-state index is 14.0. The Bertz CT molecular complexity index is 595. The van der Waals surface area contributed by atoms with Crippen molar-refractivity contribution in [3.8, 4) is 5.75 Å². The second-order valence-electron chi connectivity index (χ2n) is 4.27. The van der Waals surface area contributed by atoms with E-state index in [-0.39, 0.29) is 13.2 Å². The van der Waals surface area contributed by atoms with Gasteiger partial charge in [-0.25, -0.2) is 4.79 Å². The highest BCUT2D eigenvalue weighted by Crippen LogP contribution is 2.37. The molecule has 0 fully saturated rings. The summed E-state index contributed by atoms with van der Waals surface area (Å²) in [5, 5.41) is 0. The van der Waals surface area contributed by atoms with Crippen molar-refractivity contribution >= 4 is 11.8 Å². The molecule has 0 heterocycles. The second-order valence-corrected chi connectivity index (χ2v) is 4.27. The molecule has 0 aliphatic carbocycles. The Balaban J connectivity index is 3.35. The number of hydrogen-bond acceptors (Lipinski definition) is 4. The van der Waals surface area contributed by atoms with Crippen LogP contribution in [0.1, 0.15) is 29.8 Å². The van der Waals surface area contributed by atoms with Gasteiger partial charge in [0.1, 0.15) is 5.75 Å². The molecular formula is C14H13F5O4. The lowest BCUT2D eigenvalue weighted by atomic mass is 10.0. The first-order chi connectivity index (χ1) is 10.6. The van der Waals surface area contributed by atoms with Crippen LogP contribution in [0.15, 0.2) is 18.2 Å². The molecule has 0 spiro atoms. The van der Waals surface area contributed by atoms with Crippen LogP contribution in [-0.4, -0.2) is 31.1 Å². The zero-order chi connectivity index (χ0) is 17.8. The first kappa shape index (κ1) is 18.9. The van der Waals surface area contributed by atoms with Gasteiger partial charge in [-0.2, -0.15) is 22.0 Å². The van der Waals surface area contributed by atoms with Crippen LogP contribution in [0.5, 0.6) is 5.75 Å². The van der Waals surface area contributed by atoms with Gasteiger partial charge in [0, 0.05) is 5.56 Å². The molecule has 0 aliphatic rings. The van der Waals surface area contributed by atoms with Crippen LogP contribution in [0.4, 0.5) is 22.0 Å². The summed E-state index contributed by atoms with van der Waals surface area (Å²) in [6.45, 7) is 2.27. The fourth-order valence-electron chi connectivity index (χ4n) is 1.69. The third-order valence-electron chi connectivity index (χ3n) is 2.67. The van der Waals surface area contributed by atoms with Crippen molar-refractivity contribution in [3.05, 3.63) is 29.3 Å². The van der Waals surface area contributed by atoms with Crippen molar-refractivity contribution in [3.63, 3.8) is 0 Å². The summed E-state index contributed by atoms with van der Waals surface area (Å²) in [4.78, 5) is 22.5. The van der Waals surface area contributed by atoms with Crippen molar-refractivity contribution in [2.75, 3.05) is 13.2 Å². The summed E-state index contributed by atoms with van der Waals surface area (Å²) in [6, 6.07) is 1.63. The molecule has 0 radical (unpaired) electrons. The minimum atomic E-state index is -5.16. The normalized spacial score (nSPS) is 12.0. The van der Waals surface area contributed by atoms with Crippen molar-refractivity contribution in [2.24, 2.45) is 0 Å². The lowest BCUT2D eigenvalue weighted by molar-refractivity contribution is -0.173. The van der Waals surface area contributed by atoms with Crippen LogP contribution in [0.3, 0.4) is 0 Å². The number of rotatable bonds is 6. The molecule has 1 aromatic rings. The lowest BCUT2D eigenvalue weighted by Gasteiger charge is -2.19. The zero-order valence-corrected chi connectivity index (χ0v) is 12.2. The molecule has 0 unspecified atom stereocenters. The number of ketones is 1. The molecule has 9 heteroatoms. The molecule has 0 aliphatic heterocycles. The topological polar surface area (TPSA) is 52.6 Å². The summed E-state index contributed by atoms with van der Waals surface area (Å²) >= 11 is 0. The van der Waals surface area contributed by atoms with Gasteiger partial charge in [-0.05, 0) is 26.0 Å². The van der Waals surface area contributed by atoms with E-state index in [2.05, 4.69) is 4.74 Å². The van der Waals surface area contributed by atoms with Crippen LogP contribution in [0.25, 0.3) is 0 Å². The van der Waals surface area contributed by atoms with E-state index in [1.165, 1.54) is 13.8 Å². The molecular weight excluding hydrogens is 327 g/mol. The minimum Gasteiger partial charge on any atom is -0.493 e. The number of benzene rings is 1. The number of alkyl halides is 5. The standard InChI is InChI=1S/C14H13F5O4/c1-3-22-10-7-8(11(20)14(17,18)19)5-6-9(10)13(15,16)12(21)23-4-2/h5-7H,3-4H2,1-2H3. The largest absolute Gasteiger partial charge is 0.493 e. The Morgan fingerprint density at radius 1 is 1.04 bits per heavy atom. The molecule has 1 rings (SSSR count). The highest BCUT2D eigenvalue weighted by Gasteiger charge is 2.46. The van der Waals surface area contributed by atoms with E-state index in [4.69, 9.17) is 4.74 Å². The van der Waals surface area contributed by atoms with Gasteiger partial charge in [-0.15, -0.1) is 0 Å². The van der Waals surface area contributed by atoms with Crippen molar-refractivity contribution in [1.82, 2.24) is 0 Å². The first-order valence-corrected chi connectivity index (χ1v) is 6.49. The fourth-order valence-corrected chi connectivity index (χ4v) is 1.69. The Morgan fingerprint density at radius 3 is 2.13 bits per heavy atom. The van der Waals surface area contributed by atoms with Gasteiger partial charge in [-0.3, -0.25) is 4.79 Å². The van der Waals surface area contributed by atoms with Crippen molar-refractivity contribution in [2.45, 2.75) is 25.9 Å². The van der Waals surface area contributed by atoms with E-state index >= 15 is 0 Å². The van der Waals surface area contributed by atoms with Crippen molar-refractivity contribution in [1.29, 1.82) is 0 Å². The molecule has 0 amide bonds. The lowest BCUT2D eigenvalue weighted by Crippen LogP contribution is -2.29. The maximum atomic E-state index is 14.0. The van der Waals surface area contributed by atoms with Crippen LogP contribution in [0.2, 0.25) is 0 Å². The molecule has 0 bridgehead atoms. The number of hydrogen-bond donors (Lipinski definition) is 0.